The molecule has 0 saturated carbocycles. The van der Waals surface area contributed by atoms with E-state index >= 15 is 0 Å². The highest BCUT2D eigenvalue weighted by Gasteiger charge is 2.47. The molecule has 1 atom stereocenters. The molecule has 0 saturated heterocycles. The molecule has 0 fully saturated rings. The Morgan fingerprint density at radius 1 is 1.43 bits per heavy atom. The maximum atomic E-state index is 11.7. The third kappa shape index (κ3) is 3.12. The SMILES string of the molecule is O=C(O)[C@H](CO)NS(=O)(=O)C(F)(F)F. The molecule has 0 aliphatic rings. The van der Waals surface area contributed by atoms with E-state index in [-0.39, 0.29) is 0 Å². The van der Waals surface area contributed by atoms with Crippen LogP contribution in [0.25, 0.3) is 0 Å². The second-order valence-electron chi connectivity index (χ2n) is 2.14. The van der Waals surface area contributed by atoms with Crippen molar-refractivity contribution >= 4 is 16.0 Å². The Labute approximate surface area is 76.4 Å². The van der Waals surface area contributed by atoms with Crippen molar-refractivity contribution in [3.8, 4) is 0 Å². The highest BCUT2D eigenvalue weighted by atomic mass is 32.2. The van der Waals surface area contributed by atoms with Gasteiger partial charge in [0.15, 0.2) is 0 Å². The molecule has 14 heavy (non-hydrogen) atoms. The van der Waals surface area contributed by atoms with Crippen molar-refractivity contribution in [1.29, 1.82) is 0 Å². The van der Waals surface area contributed by atoms with E-state index in [4.69, 9.17) is 10.2 Å². The van der Waals surface area contributed by atoms with Crippen molar-refractivity contribution in [2.24, 2.45) is 0 Å². The van der Waals surface area contributed by atoms with E-state index < -0.39 is 34.1 Å². The van der Waals surface area contributed by atoms with Gasteiger partial charge in [-0.3, -0.25) is 4.79 Å². The first kappa shape index (κ1) is 13.1. The van der Waals surface area contributed by atoms with Crippen LogP contribution in [-0.4, -0.2) is 42.8 Å². The van der Waals surface area contributed by atoms with E-state index in [1.165, 1.54) is 0 Å². The Kier molecular flexibility index (Phi) is 3.85. The molecular weight excluding hydrogens is 231 g/mol. The Morgan fingerprint density at radius 2 is 1.86 bits per heavy atom. The zero-order valence-corrected chi connectivity index (χ0v) is 7.26. The number of nitrogens with one attached hydrogen (secondary N) is 1. The molecule has 84 valence electrons. The minimum atomic E-state index is -5.74. The lowest BCUT2D eigenvalue weighted by Gasteiger charge is -2.13. The summed E-state index contributed by atoms with van der Waals surface area (Å²) in [6, 6.07) is -2.21. The van der Waals surface area contributed by atoms with Crippen LogP contribution >= 0.6 is 0 Å². The summed E-state index contributed by atoms with van der Waals surface area (Å²) in [6.45, 7) is -1.27. The third-order valence-electron chi connectivity index (χ3n) is 1.08. The molecule has 0 bridgehead atoms. The van der Waals surface area contributed by atoms with Crippen LogP contribution in [0.5, 0.6) is 0 Å². The number of aliphatic hydroxyl groups excluding tert-OH is 1. The summed E-state index contributed by atoms with van der Waals surface area (Å²) in [7, 11) is -5.74. The average molecular weight is 237 g/mol. The van der Waals surface area contributed by atoms with Gasteiger partial charge in [0.2, 0.25) is 0 Å². The zero-order valence-electron chi connectivity index (χ0n) is 6.45. The lowest BCUT2D eigenvalue weighted by molar-refractivity contribution is -0.140. The van der Waals surface area contributed by atoms with Crippen molar-refractivity contribution < 1.29 is 36.6 Å². The van der Waals surface area contributed by atoms with Gasteiger partial charge in [0.25, 0.3) is 0 Å². The molecule has 3 N–H and O–H groups in total. The quantitative estimate of drug-likeness (QED) is 0.574. The number of alkyl halides is 3. The normalized spacial score (nSPS) is 15.1. The number of hydrogen-bond acceptors (Lipinski definition) is 4. The van der Waals surface area contributed by atoms with Gasteiger partial charge in [0.1, 0.15) is 6.04 Å². The van der Waals surface area contributed by atoms with Gasteiger partial charge in [-0.25, -0.2) is 8.42 Å². The molecule has 0 heterocycles. The maximum absolute atomic E-state index is 11.7. The smallest absolute Gasteiger partial charge is 0.480 e. The summed E-state index contributed by atoms with van der Waals surface area (Å²) in [5.74, 6) is -1.90. The van der Waals surface area contributed by atoms with Crippen LogP contribution in [0.3, 0.4) is 0 Å². The molecule has 0 radical (unpaired) electrons. The molecule has 0 amide bonds. The number of rotatable bonds is 4. The Hall–Kier alpha value is -0.870. The van der Waals surface area contributed by atoms with Gasteiger partial charge in [-0.05, 0) is 0 Å². The minimum absolute atomic E-state index is 0.780. The second-order valence-corrected chi connectivity index (χ2v) is 3.85. The van der Waals surface area contributed by atoms with Gasteiger partial charge in [-0.2, -0.15) is 17.9 Å². The lowest BCUT2D eigenvalue weighted by Crippen LogP contribution is -2.48. The van der Waals surface area contributed by atoms with E-state index in [0.29, 0.717) is 0 Å². The fourth-order valence-corrected chi connectivity index (χ4v) is 1.10. The van der Waals surface area contributed by atoms with Gasteiger partial charge in [0, 0.05) is 0 Å². The lowest BCUT2D eigenvalue weighted by atomic mass is 10.3. The summed E-state index contributed by atoms with van der Waals surface area (Å²) in [4.78, 5) is 10.1. The minimum Gasteiger partial charge on any atom is -0.480 e. The number of hydrogen-bond donors (Lipinski definition) is 3. The van der Waals surface area contributed by atoms with Gasteiger partial charge in [0.05, 0.1) is 6.61 Å². The number of halogens is 3. The van der Waals surface area contributed by atoms with Crippen LogP contribution in [0.1, 0.15) is 0 Å². The van der Waals surface area contributed by atoms with Crippen LogP contribution in [-0.2, 0) is 14.8 Å². The fraction of sp³-hybridized carbons (Fsp3) is 0.750. The summed E-state index contributed by atoms with van der Waals surface area (Å²) < 4.78 is 56.4. The number of aliphatic carboxylic acids is 1. The third-order valence-corrected chi connectivity index (χ3v) is 2.29. The number of carboxylic acids is 1. The monoisotopic (exact) mass is 237 g/mol. The Balaban J connectivity index is 4.75. The first-order valence-corrected chi connectivity index (χ1v) is 4.52. The van der Waals surface area contributed by atoms with Gasteiger partial charge in [-0.15, -0.1) is 0 Å². The van der Waals surface area contributed by atoms with Gasteiger partial charge in [-0.1, -0.05) is 0 Å². The van der Waals surface area contributed by atoms with E-state index in [0.717, 1.165) is 4.72 Å². The molecule has 0 aromatic heterocycles. The highest BCUT2D eigenvalue weighted by molar-refractivity contribution is 7.90. The molecule has 0 aliphatic heterocycles. The molecule has 0 unspecified atom stereocenters. The van der Waals surface area contributed by atoms with Crippen molar-refractivity contribution in [3.05, 3.63) is 0 Å². The fourth-order valence-electron chi connectivity index (χ4n) is 0.420. The summed E-state index contributed by atoms with van der Waals surface area (Å²) in [5, 5.41) is 16.4. The summed E-state index contributed by atoms with van der Waals surface area (Å²) in [6.07, 6.45) is 0. The topological polar surface area (TPSA) is 104 Å². The molecule has 0 aromatic carbocycles. The zero-order chi connectivity index (χ0) is 11.6. The first-order chi connectivity index (χ1) is 6.12. The van der Waals surface area contributed by atoms with Crippen LogP contribution in [0.4, 0.5) is 13.2 Å². The summed E-state index contributed by atoms with van der Waals surface area (Å²) in [5.41, 5.74) is -5.60. The van der Waals surface area contributed by atoms with Crippen molar-refractivity contribution in [2.45, 2.75) is 11.6 Å². The van der Waals surface area contributed by atoms with E-state index in [1.807, 2.05) is 0 Å². The van der Waals surface area contributed by atoms with Gasteiger partial charge < -0.3 is 10.2 Å². The predicted molar refractivity (Wildman–Crippen MR) is 36.6 cm³/mol. The molecular formula is C4H6F3NO5S. The molecule has 6 nitrogen and oxygen atoms in total. The maximum Gasteiger partial charge on any atom is 0.511 e. The Bertz CT molecular complexity index is 309. The summed E-state index contributed by atoms with van der Waals surface area (Å²) >= 11 is 0. The first-order valence-electron chi connectivity index (χ1n) is 3.04. The second kappa shape index (κ2) is 4.11. The molecule has 0 spiro atoms. The number of carbonyl (C=O) groups is 1. The predicted octanol–water partition coefficient (Wildman–Crippen LogP) is -1.13. The largest absolute Gasteiger partial charge is 0.511 e. The van der Waals surface area contributed by atoms with Crippen molar-refractivity contribution in [1.82, 2.24) is 4.72 Å². The standard InChI is InChI=1S/C4H6F3NO5S/c5-4(6,7)14(12,13)8-2(1-9)3(10)11/h2,8-9H,1H2,(H,10,11)/t2-/m0/s1. The molecule has 0 rings (SSSR count). The van der Waals surface area contributed by atoms with Crippen LogP contribution in [0, 0.1) is 0 Å². The van der Waals surface area contributed by atoms with Crippen LogP contribution < -0.4 is 4.72 Å². The van der Waals surface area contributed by atoms with Crippen molar-refractivity contribution in [3.63, 3.8) is 0 Å². The number of aliphatic hydroxyl groups is 1. The molecule has 10 heteroatoms. The van der Waals surface area contributed by atoms with Crippen LogP contribution in [0.2, 0.25) is 0 Å². The van der Waals surface area contributed by atoms with E-state index in [2.05, 4.69) is 0 Å². The van der Waals surface area contributed by atoms with E-state index in [1.54, 1.807) is 0 Å². The molecule has 0 aromatic rings. The van der Waals surface area contributed by atoms with Crippen LogP contribution in [0.15, 0.2) is 0 Å². The highest BCUT2D eigenvalue weighted by Crippen LogP contribution is 2.21. The Morgan fingerprint density at radius 3 is 2.07 bits per heavy atom. The number of sulfonamides is 1. The van der Waals surface area contributed by atoms with E-state index in [9.17, 15) is 26.4 Å². The number of carboxylic acid groups (broad SMARTS) is 1. The van der Waals surface area contributed by atoms with Crippen molar-refractivity contribution in [2.75, 3.05) is 6.61 Å². The average Bonchev–Trinajstić information content (AvgIpc) is 1.97. The molecule has 0 aliphatic carbocycles. The van der Waals surface area contributed by atoms with Gasteiger partial charge >= 0.3 is 21.5 Å².